The van der Waals surface area contributed by atoms with Gasteiger partial charge in [-0.25, -0.2) is 9.97 Å². The van der Waals surface area contributed by atoms with E-state index >= 15 is 0 Å². The number of anilines is 15. The van der Waals surface area contributed by atoms with E-state index in [9.17, 15) is 0 Å². The van der Waals surface area contributed by atoms with Crippen molar-refractivity contribution in [2.75, 3.05) is 50.5 Å². The van der Waals surface area contributed by atoms with Crippen LogP contribution in [-0.2, 0) is 7.05 Å². The van der Waals surface area contributed by atoms with Gasteiger partial charge in [0.05, 0.1) is 85.3 Å². The second kappa shape index (κ2) is 14.9. The molecule has 67 heavy (non-hydrogen) atoms. The first-order chi connectivity index (χ1) is 33.0. The average molecular weight is 868 g/mol. The molecule has 0 spiro atoms. The molecular formula is C58H45N9. The highest BCUT2D eigenvalue weighted by molar-refractivity contribution is 6.13. The molecule has 0 saturated heterocycles. The Bertz CT molecular complexity index is 3450. The van der Waals surface area contributed by atoms with Gasteiger partial charge in [-0.2, -0.15) is 0 Å². The third-order valence-electron chi connectivity index (χ3n) is 13.8. The smallest absolute Gasteiger partial charge is 0.159 e. The van der Waals surface area contributed by atoms with Crippen LogP contribution in [0.15, 0.2) is 200 Å². The van der Waals surface area contributed by atoms with Crippen molar-refractivity contribution >= 4 is 96.5 Å². The minimum Gasteiger partial charge on any atom is -0.341 e. The molecule has 9 heteroatoms. The molecule has 0 bridgehead atoms. The molecule has 3 aliphatic rings. The molecule has 5 heterocycles. The van der Waals surface area contributed by atoms with E-state index in [1.807, 2.05) is 25.4 Å². The van der Waals surface area contributed by atoms with Crippen molar-refractivity contribution in [2.24, 2.45) is 7.05 Å². The molecule has 0 fully saturated rings. The average Bonchev–Trinajstić information content (AvgIpc) is 3.72. The van der Waals surface area contributed by atoms with Crippen molar-refractivity contribution in [2.45, 2.75) is 0 Å². The Kier molecular flexibility index (Phi) is 8.57. The molecular weight excluding hydrogens is 823 g/mol. The lowest BCUT2D eigenvalue weighted by molar-refractivity contribution is 0.942. The van der Waals surface area contributed by atoms with Gasteiger partial charge in [-0.1, -0.05) is 97.1 Å². The fourth-order valence-corrected chi connectivity index (χ4v) is 10.7. The highest BCUT2D eigenvalue weighted by Gasteiger charge is 2.38. The van der Waals surface area contributed by atoms with E-state index in [2.05, 4.69) is 242 Å². The van der Waals surface area contributed by atoms with E-state index in [1.54, 1.807) is 0 Å². The number of pyridine rings is 1. The van der Waals surface area contributed by atoms with Crippen LogP contribution < -0.4 is 29.4 Å². The maximum Gasteiger partial charge on any atom is 0.159 e. The summed E-state index contributed by atoms with van der Waals surface area (Å²) in [7, 11) is 8.55. The zero-order valence-electron chi connectivity index (χ0n) is 37.6. The zero-order valence-corrected chi connectivity index (χ0v) is 37.6. The Morgan fingerprint density at radius 3 is 1.09 bits per heavy atom. The monoisotopic (exact) mass is 867 g/mol. The fraction of sp³-hybridized carbons (Fsp3) is 0.0690. The maximum atomic E-state index is 5.07. The number of rotatable bonds is 5. The minimum atomic E-state index is 0.853. The number of hydrogen-bond donors (Lipinski definition) is 0. The molecule has 2 aromatic heterocycles. The minimum absolute atomic E-state index is 0.853. The molecule has 0 amide bonds. The number of para-hydroxylation sites is 12. The van der Waals surface area contributed by atoms with Crippen LogP contribution in [0.2, 0.25) is 0 Å². The fourth-order valence-electron chi connectivity index (χ4n) is 10.7. The van der Waals surface area contributed by atoms with Crippen molar-refractivity contribution in [1.82, 2.24) is 14.5 Å². The molecule has 0 saturated carbocycles. The topological polar surface area (TPSA) is 50.2 Å². The lowest BCUT2D eigenvalue weighted by Gasteiger charge is -2.45. The third-order valence-corrected chi connectivity index (χ3v) is 13.8. The van der Waals surface area contributed by atoms with Gasteiger partial charge in [-0.15, -0.1) is 0 Å². The van der Waals surface area contributed by atoms with Crippen LogP contribution in [0.25, 0.3) is 33.7 Å². The first kappa shape index (κ1) is 38.6. The van der Waals surface area contributed by atoms with Crippen LogP contribution in [0.4, 0.5) is 85.3 Å². The summed E-state index contributed by atoms with van der Waals surface area (Å²) in [6.45, 7) is 0. The van der Waals surface area contributed by atoms with Crippen LogP contribution >= 0.6 is 0 Å². The highest BCUT2D eigenvalue weighted by Crippen LogP contribution is 2.62. The Morgan fingerprint density at radius 2 is 0.672 bits per heavy atom. The predicted octanol–water partition coefficient (Wildman–Crippen LogP) is 15.0. The molecule has 8 aromatic carbocycles. The van der Waals surface area contributed by atoms with Gasteiger partial charge in [-0.05, 0) is 103 Å². The van der Waals surface area contributed by atoms with Gasteiger partial charge >= 0.3 is 0 Å². The summed E-state index contributed by atoms with van der Waals surface area (Å²) < 4.78 is 2.08. The van der Waals surface area contributed by atoms with Crippen molar-refractivity contribution in [1.29, 1.82) is 0 Å². The summed E-state index contributed by atoms with van der Waals surface area (Å²) in [4.78, 5) is 24.1. The second-order valence-corrected chi connectivity index (χ2v) is 17.4. The Balaban J connectivity index is 1.18. The standard InChI is InChI=1S/C58H45N9/c1-61-41-19-5-11-25-47(41)65(48-26-12-6-20-42(48)61)53-35-36-54(66-49-27-13-7-21-43(49)62(2)44-22-8-14-28-50(44)66)56(67-51-29-15-9-23-45(51)63(3)46-24-10-16-30-52(46)67)55(53)38-31-33-39(34-32-38)57-60-40-18-17-37-59-58(40)64(57)4/h5-37H,1-4H3. The normalized spacial score (nSPS) is 13.5. The van der Waals surface area contributed by atoms with Crippen molar-refractivity contribution in [3.8, 4) is 22.5 Å². The van der Waals surface area contributed by atoms with E-state index in [4.69, 9.17) is 4.98 Å². The van der Waals surface area contributed by atoms with E-state index in [-0.39, 0.29) is 0 Å². The molecule has 0 radical (unpaired) electrons. The largest absolute Gasteiger partial charge is 0.341 e. The first-order valence-electron chi connectivity index (χ1n) is 22.7. The van der Waals surface area contributed by atoms with Gasteiger partial charge in [0.1, 0.15) is 11.3 Å². The number of aromatic nitrogens is 3. The number of benzene rings is 8. The van der Waals surface area contributed by atoms with Crippen LogP contribution in [0.5, 0.6) is 0 Å². The lowest BCUT2D eigenvalue weighted by atomic mass is 9.93. The van der Waals surface area contributed by atoms with Crippen molar-refractivity contribution in [3.63, 3.8) is 0 Å². The van der Waals surface area contributed by atoms with Gasteiger partial charge in [0.15, 0.2) is 5.65 Å². The van der Waals surface area contributed by atoms with Gasteiger partial charge in [-0.3, -0.25) is 0 Å². The molecule has 0 unspecified atom stereocenters. The number of nitrogens with zero attached hydrogens (tertiary/aromatic N) is 9. The maximum absolute atomic E-state index is 5.07. The summed E-state index contributed by atoms with van der Waals surface area (Å²) in [6.07, 6.45) is 1.83. The van der Waals surface area contributed by atoms with E-state index < -0.39 is 0 Å². The van der Waals surface area contributed by atoms with Gasteiger partial charge in [0.25, 0.3) is 0 Å². The van der Waals surface area contributed by atoms with Gasteiger partial charge < -0.3 is 34.0 Å². The first-order valence-corrected chi connectivity index (χ1v) is 22.7. The van der Waals surface area contributed by atoms with Crippen molar-refractivity contribution < 1.29 is 0 Å². The Morgan fingerprint density at radius 1 is 0.313 bits per heavy atom. The summed E-state index contributed by atoms with van der Waals surface area (Å²) >= 11 is 0. The van der Waals surface area contributed by atoms with Crippen LogP contribution in [0.3, 0.4) is 0 Å². The molecule has 9 nitrogen and oxygen atoms in total. The third kappa shape index (κ3) is 5.67. The number of imidazole rings is 1. The van der Waals surface area contributed by atoms with E-state index in [1.165, 1.54) is 0 Å². The predicted molar refractivity (Wildman–Crippen MR) is 278 cm³/mol. The number of hydrogen-bond acceptors (Lipinski definition) is 8. The number of fused-ring (bicyclic) bond motifs is 7. The summed E-state index contributed by atoms with van der Waals surface area (Å²) in [5, 5.41) is 0. The highest BCUT2D eigenvalue weighted by atomic mass is 15.3. The Labute approximate surface area is 389 Å². The lowest BCUT2D eigenvalue weighted by Crippen LogP contribution is -2.29. The second-order valence-electron chi connectivity index (χ2n) is 17.4. The van der Waals surface area contributed by atoms with Gasteiger partial charge in [0.2, 0.25) is 0 Å². The van der Waals surface area contributed by atoms with Crippen LogP contribution in [0, 0.1) is 0 Å². The van der Waals surface area contributed by atoms with Crippen LogP contribution in [0.1, 0.15) is 0 Å². The van der Waals surface area contributed by atoms with E-state index in [0.29, 0.717) is 0 Å². The summed E-state index contributed by atoms with van der Waals surface area (Å²) in [6, 6.07) is 70.2. The quantitative estimate of drug-likeness (QED) is 0.170. The SMILES string of the molecule is CN1c2ccccc2N(c2ccc(N3c4ccccc4N(C)c4ccccc43)c(N3c4ccccc4N(C)c4ccccc43)c2-c2ccc(-c3nc4cccnc4n3C)cc2)c2ccccc21. The van der Waals surface area contributed by atoms with Crippen molar-refractivity contribution in [3.05, 3.63) is 200 Å². The molecule has 13 rings (SSSR count). The Hall–Kier alpha value is -8.82. The zero-order chi connectivity index (χ0) is 44.9. The summed E-state index contributed by atoms with van der Waals surface area (Å²) in [5.74, 6) is 0.865. The molecule has 322 valence electrons. The van der Waals surface area contributed by atoms with Crippen LogP contribution in [-0.4, -0.2) is 35.7 Å². The molecule has 0 atom stereocenters. The molecule has 0 N–H and O–H groups in total. The van der Waals surface area contributed by atoms with Gasteiger partial charge in [0, 0.05) is 45.5 Å². The van der Waals surface area contributed by atoms with E-state index in [0.717, 1.165) is 119 Å². The molecule has 0 aliphatic carbocycles. The molecule has 3 aliphatic heterocycles. The number of aryl methyl sites for hydroxylation is 1. The summed E-state index contributed by atoms with van der Waals surface area (Å²) in [5.41, 5.74) is 21.3. The molecule has 10 aromatic rings.